The number of hydrogen-bond donors (Lipinski definition) is 1. The van der Waals surface area contributed by atoms with E-state index >= 15 is 0 Å². The van der Waals surface area contributed by atoms with Gasteiger partial charge in [-0.1, -0.05) is 25.1 Å². The maximum atomic E-state index is 10.6. The topological polar surface area (TPSA) is 41.9 Å². The van der Waals surface area contributed by atoms with Crippen molar-refractivity contribution in [2.24, 2.45) is 0 Å². The molecule has 2 unspecified atom stereocenters. The summed E-state index contributed by atoms with van der Waals surface area (Å²) in [5, 5.41) is 10.6. The van der Waals surface area contributed by atoms with Crippen LogP contribution in [0.2, 0.25) is 0 Å². The van der Waals surface area contributed by atoms with Crippen molar-refractivity contribution in [2.45, 2.75) is 39.3 Å². The van der Waals surface area contributed by atoms with Crippen molar-refractivity contribution in [3.63, 3.8) is 0 Å². The van der Waals surface area contributed by atoms with Crippen molar-refractivity contribution >= 4 is 0 Å². The molecule has 4 nitrogen and oxygen atoms in total. The molecule has 0 aromatic heterocycles. The minimum atomic E-state index is -0.557. The third kappa shape index (κ3) is 5.65. The van der Waals surface area contributed by atoms with Crippen LogP contribution in [0.4, 0.5) is 0 Å². The van der Waals surface area contributed by atoms with Crippen LogP contribution in [0.1, 0.15) is 38.9 Å². The molecule has 2 atom stereocenters. The summed E-state index contributed by atoms with van der Waals surface area (Å²) < 4.78 is 10.8. The summed E-state index contributed by atoms with van der Waals surface area (Å²) in [7, 11) is 1.70. The van der Waals surface area contributed by atoms with Crippen molar-refractivity contribution < 1.29 is 14.6 Å². The van der Waals surface area contributed by atoms with Crippen LogP contribution in [0, 0.1) is 0 Å². The van der Waals surface area contributed by atoms with Crippen molar-refractivity contribution in [3.8, 4) is 5.75 Å². The second-order valence-corrected chi connectivity index (χ2v) is 5.23. The smallest absolute Gasteiger partial charge is 0.125 e. The molecule has 120 valence electrons. The highest BCUT2D eigenvalue weighted by molar-refractivity contribution is 5.35. The van der Waals surface area contributed by atoms with E-state index in [1.807, 2.05) is 31.2 Å². The molecule has 0 bridgehead atoms. The van der Waals surface area contributed by atoms with E-state index in [0.29, 0.717) is 25.8 Å². The third-order valence-corrected chi connectivity index (χ3v) is 3.78. The quantitative estimate of drug-likeness (QED) is 0.721. The molecule has 1 N–H and O–H groups in total. The molecule has 0 saturated carbocycles. The van der Waals surface area contributed by atoms with Gasteiger partial charge in [0.15, 0.2) is 0 Å². The van der Waals surface area contributed by atoms with Gasteiger partial charge < -0.3 is 14.6 Å². The van der Waals surface area contributed by atoms with E-state index < -0.39 is 6.10 Å². The Kier molecular flexibility index (Phi) is 8.35. The molecule has 0 amide bonds. The van der Waals surface area contributed by atoms with E-state index in [0.717, 1.165) is 24.3 Å². The van der Waals surface area contributed by atoms with Gasteiger partial charge in [-0.05, 0) is 26.3 Å². The lowest BCUT2D eigenvalue weighted by molar-refractivity contribution is 0.0654. The van der Waals surface area contributed by atoms with E-state index in [4.69, 9.17) is 9.47 Å². The monoisotopic (exact) mass is 295 g/mol. The van der Waals surface area contributed by atoms with E-state index in [1.54, 1.807) is 7.11 Å². The maximum Gasteiger partial charge on any atom is 0.125 e. The van der Waals surface area contributed by atoms with E-state index in [9.17, 15) is 5.11 Å². The highest BCUT2D eigenvalue weighted by Gasteiger charge is 2.19. The number of nitrogens with zero attached hydrogens (tertiary/aromatic N) is 1. The van der Waals surface area contributed by atoms with Crippen LogP contribution in [-0.2, 0) is 4.74 Å². The van der Waals surface area contributed by atoms with Crippen LogP contribution >= 0.6 is 0 Å². The Hall–Kier alpha value is -1.10. The van der Waals surface area contributed by atoms with Crippen molar-refractivity contribution in [1.82, 2.24) is 4.90 Å². The molecular weight excluding hydrogens is 266 g/mol. The van der Waals surface area contributed by atoms with Gasteiger partial charge in [0.2, 0.25) is 0 Å². The Labute approximate surface area is 128 Å². The Bertz CT molecular complexity index is 397. The standard InChI is InChI=1S/C17H29NO3/c1-5-14(3)18(11-12-20-4)13-16(19)15-9-7-8-10-17(15)21-6-2/h7-10,14,16,19H,5-6,11-13H2,1-4H3. The van der Waals surface area contributed by atoms with Gasteiger partial charge in [0.1, 0.15) is 5.75 Å². The maximum absolute atomic E-state index is 10.6. The van der Waals surface area contributed by atoms with Gasteiger partial charge in [-0.15, -0.1) is 0 Å². The molecule has 0 fully saturated rings. The fourth-order valence-corrected chi connectivity index (χ4v) is 2.32. The number of benzene rings is 1. The minimum Gasteiger partial charge on any atom is -0.493 e. The number of methoxy groups -OCH3 is 1. The van der Waals surface area contributed by atoms with Gasteiger partial charge >= 0.3 is 0 Å². The lowest BCUT2D eigenvalue weighted by atomic mass is 10.1. The van der Waals surface area contributed by atoms with Crippen LogP contribution in [0.15, 0.2) is 24.3 Å². The Morgan fingerprint density at radius 3 is 2.57 bits per heavy atom. The molecule has 0 radical (unpaired) electrons. The molecule has 4 heteroatoms. The van der Waals surface area contributed by atoms with E-state index in [-0.39, 0.29) is 0 Å². The SMILES string of the molecule is CCOc1ccccc1C(O)CN(CCOC)C(C)CC. The first-order valence-electron chi connectivity index (χ1n) is 7.76. The van der Waals surface area contributed by atoms with Gasteiger partial charge in [0.05, 0.1) is 19.3 Å². The molecule has 1 aromatic carbocycles. The van der Waals surface area contributed by atoms with Crippen LogP contribution in [0.3, 0.4) is 0 Å². The first-order valence-corrected chi connectivity index (χ1v) is 7.76. The zero-order valence-corrected chi connectivity index (χ0v) is 13.7. The molecule has 1 aromatic rings. The average Bonchev–Trinajstić information content (AvgIpc) is 2.51. The van der Waals surface area contributed by atoms with Gasteiger partial charge in [-0.2, -0.15) is 0 Å². The predicted octanol–water partition coefficient (Wildman–Crippen LogP) is 2.87. The van der Waals surface area contributed by atoms with Crippen molar-refractivity contribution in [1.29, 1.82) is 0 Å². The Morgan fingerprint density at radius 1 is 1.24 bits per heavy atom. The number of ether oxygens (including phenoxy) is 2. The molecule has 0 aliphatic carbocycles. The molecule has 0 aliphatic rings. The van der Waals surface area contributed by atoms with Crippen LogP contribution in [0.5, 0.6) is 5.75 Å². The zero-order valence-electron chi connectivity index (χ0n) is 13.7. The van der Waals surface area contributed by atoms with E-state index in [2.05, 4.69) is 18.7 Å². The van der Waals surface area contributed by atoms with E-state index in [1.165, 1.54) is 0 Å². The summed E-state index contributed by atoms with van der Waals surface area (Å²) >= 11 is 0. The summed E-state index contributed by atoms with van der Waals surface area (Å²) in [6.45, 7) is 8.96. The van der Waals surface area contributed by atoms with Gasteiger partial charge in [0, 0.05) is 31.8 Å². The average molecular weight is 295 g/mol. The number of para-hydroxylation sites is 1. The summed E-state index contributed by atoms with van der Waals surface area (Å²) in [5.41, 5.74) is 0.852. The van der Waals surface area contributed by atoms with Gasteiger partial charge in [-0.25, -0.2) is 0 Å². The molecule has 0 aliphatic heterocycles. The first-order chi connectivity index (χ1) is 10.1. The first kappa shape index (κ1) is 18.0. The van der Waals surface area contributed by atoms with Crippen molar-refractivity contribution in [3.05, 3.63) is 29.8 Å². The number of aliphatic hydroxyl groups is 1. The summed E-state index contributed by atoms with van der Waals surface area (Å²) in [6.07, 6.45) is 0.488. The molecule has 0 spiro atoms. The van der Waals surface area contributed by atoms with Crippen LogP contribution < -0.4 is 4.74 Å². The molecular formula is C17H29NO3. The number of rotatable bonds is 10. The second-order valence-electron chi connectivity index (χ2n) is 5.23. The Morgan fingerprint density at radius 2 is 1.95 bits per heavy atom. The fourth-order valence-electron chi connectivity index (χ4n) is 2.32. The minimum absolute atomic E-state index is 0.411. The van der Waals surface area contributed by atoms with Crippen LogP contribution in [-0.4, -0.2) is 49.5 Å². The van der Waals surface area contributed by atoms with Crippen LogP contribution in [0.25, 0.3) is 0 Å². The predicted molar refractivity (Wildman–Crippen MR) is 85.8 cm³/mol. The largest absolute Gasteiger partial charge is 0.493 e. The third-order valence-electron chi connectivity index (χ3n) is 3.78. The molecule has 21 heavy (non-hydrogen) atoms. The number of aliphatic hydroxyl groups excluding tert-OH is 1. The molecule has 0 saturated heterocycles. The zero-order chi connectivity index (χ0) is 15.7. The summed E-state index contributed by atoms with van der Waals surface area (Å²) in [6, 6.07) is 8.11. The number of hydrogen-bond acceptors (Lipinski definition) is 4. The van der Waals surface area contributed by atoms with Crippen molar-refractivity contribution in [2.75, 3.05) is 33.4 Å². The summed E-state index contributed by atoms with van der Waals surface area (Å²) in [5.74, 6) is 0.767. The second kappa shape index (κ2) is 9.77. The van der Waals surface area contributed by atoms with Gasteiger partial charge in [0.25, 0.3) is 0 Å². The summed E-state index contributed by atoms with van der Waals surface area (Å²) in [4.78, 5) is 2.26. The fraction of sp³-hybridized carbons (Fsp3) is 0.647. The highest BCUT2D eigenvalue weighted by Crippen LogP contribution is 2.26. The lowest BCUT2D eigenvalue weighted by Crippen LogP contribution is -2.38. The van der Waals surface area contributed by atoms with Gasteiger partial charge in [-0.3, -0.25) is 4.90 Å². The lowest BCUT2D eigenvalue weighted by Gasteiger charge is -2.30. The molecule has 1 rings (SSSR count). The molecule has 0 heterocycles. The Balaban J connectivity index is 2.78. The normalized spacial score (nSPS) is 14.2. The highest BCUT2D eigenvalue weighted by atomic mass is 16.5.